The van der Waals surface area contributed by atoms with Crippen LogP contribution in [0, 0.1) is 0 Å². The molecule has 26 heavy (non-hydrogen) atoms. The van der Waals surface area contributed by atoms with Gasteiger partial charge in [-0.3, -0.25) is 4.79 Å². The molecule has 7 heteroatoms. The Labute approximate surface area is 155 Å². The highest BCUT2D eigenvalue weighted by Gasteiger charge is 2.33. The second-order valence-corrected chi connectivity index (χ2v) is 8.14. The Kier molecular flexibility index (Phi) is 3.79. The third-order valence-electron chi connectivity index (χ3n) is 5.64. The van der Waals surface area contributed by atoms with Gasteiger partial charge in [-0.1, -0.05) is 12.1 Å². The van der Waals surface area contributed by atoms with Crippen molar-refractivity contribution in [1.82, 2.24) is 19.7 Å². The first-order chi connectivity index (χ1) is 12.7. The van der Waals surface area contributed by atoms with Gasteiger partial charge in [0.25, 0.3) is 0 Å². The number of aromatic nitrogens is 3. The second-order valence-electron chi connectivity index (χ2n) is 7.28. The second kappa shape index (κ2) is 6.17. The van der Waals surface area contributed by atoms with E-state index in [0.29, 0.717) is 12.5 Å². The number of thiazole rings is 1. The number of amides is 1. The standard InChI is InChI=1S/C19H21N5OS/c1-23-7-5-12(6-8-23)24-19-15(10-21-24)14(9-17(25)22-19)13-3-2-4-16-18(13)26-11-20-16/h2-4,10-12,14H,5-9H2,1H3,(H,22,25). The number of likely N-dealkylation sites (tertiary alicyclic amines) is 1. The Hall–Kier alpha value is -2.25. The van der Waals surface area contributed by atoms with E-state index in [1.54, 1.807) is 11.3 Å². The Balaban J connectivity index is 1.57. The monoisotopic (exact) mass is 367 g/mol. The molecule has 0 spiro atoms. The van der Waals surface area contributed by atoms with Gasteiger partial charge in [0.15, 0.2) is 0 Å². The molecule has 1 amide bonds. The van der Waals surface area contributed by atoms with Crippen LogP contribution in [0.2, 0.25) is 0 Å². The van der Waals surface area contributed by atoms with Gasteiger partial charge in [0.2, 0.25) is 5.91 Å². The molecule has 1 N–H and O–H groups in total. The molecule has 0 bridgehead atoms. The first-order valence-electron chi connectivity index (χ1n) is 9.08. The summed E-state index contributed by atoms with van der Waals surface area (Å²) in [5.41, 5.74) is 5.19. The molecular weight excluding hydrogens is 346 g/mol. The minimum atomic E-state index is 0.0444. The van der Waals surface area contributed by atoms with Crippen LogP contribution in [0.5, 0.6) is 0 Å². The molecule has 0 saturated carbocycles. The molecule has 4 heterocycles. The van der Waals surface area contributed by atoms with Gasteiger partial charge in [-0.25, -0.2) is 9.67 Å². The van der Waals surface area contributed by atoms with Crippen molar-refractivity contribution < 1.29 is 4.79 Å². The zero-order valence-corrected chi connectivity index (χ0v) is 15.5. The number of piperidine rings is 1. The fraction of sp³-hybridized carbons (Fsp3) is 0.421. The first kappa shape index (κ1) is 16.0. The maximum absolute atomic E-state index is 12.5. The number of carbonyl (C=O) groups is 1. The van der Waals surface area contributed by atoms with Gasteiger partial charge >= 0.3 is 0 Å². The summed E-state index contributed by atoms with van der Waals surface area (Å²) in [5, 5.41) is 7.79. The van der Waals surface area contributed by atoms with Gasteiger partial charge in [0.1, 0.15) is 5.82 Å². The fourth-order valence-corrected chi connectivity index (χ4v) is 5.07. The largest absolute Gasteiger partial charge is 0.311 e. The van der Waals surface area contributed by atoms with Crippen LogP contribution in [-0.4, -0.2) is 45.7 Å². The summed E-state index contributed by atoms with van der Waals surface area (Å²) in [7, 11) is 2.16. The molecule has 2 aliphatic rings. The molecule has 0 aliphatic carbocycles. The molecule has 5 rings (SSSR count). The molecule has 1 saturated heterocycles. The number of hydrogen-bond acceptors (Lipinski definition) is 5. The molecule has 3 aromatic rings. The van der Waals surface area contributed by atoms with Crippen molar-refractivity contribution in [3.05, 3.63) is 41.0 Å². The van der Waals surface area contributed by atoms with E-state index in [-0.39, 0.29) is 11.8 Å². The van der Waals surface area contributed by atoms with Crippen LogP contribution in [-0.2, 0) is 4.79 Å². The molecule has 2 aromatic heterocycles. The van der Waals surface area contributed by atoms with E-state index in [2.05, 4.69) is 33.0 Å². The van der Waals surface area contributed by atoms with E-state index in [1.165, 1.54) is 10.3 Å². The summed E-state index contributed by atoms with van der Waals surface area (Å²) in [6.45, 7) is 2.13. The number of nitrogens with zero attached hydrogens (tertiary/aromatic N) is 4. The number of carbonyl (C=O) groups excluding carboxylic acids is 1. The predicted molar refractivity (Wildman–Crippen MR) is 103 cm³/mol. The van der Waals surface area contributed by atoms with E-state index in [0.717, 1.165) is 42.8 Å². The number of rotatable bonds is 2. The summed E-state index contributed by atoms with van der Waals surface area (Å²) in [6, 6.07) is 6.54. The van der Waals surface area contributed by atoms with Crippen LogP contribution < -0.4 is 5.32 Å². The van der Waals surface area contributed by atoms with Crippen molar-refractivity contribution in [2.75, 3.05) is 25.5 Å². The number of benzene rings is 1. The van der Waals surface area contributed by atoms with E-state index >= 15 is 0 Å². The van der Waals surface area contributed by atoms with Crippen LogP contribution >= 0.6 is 11.3 Å². The highest BCUT2D eigenvalue weighted by molar-refractivity contribution is 7.17. The smallest absolute Gasteiger partial charge is 0.226 e. The summed E-state index contributed by atoms with van der Waals surface area (Å²) in [6.07, 6.45) is 4.55. The Morgan fingerprint density at radius 1 is 1.23 bits per heavy atom. The first-order valence-corrected chi connectivity index (χ1v) is 9.96. The summed E-state index contributed by atoms with van der Waals surface area (Å²) >= 11 is 1.64. The lowest BCUT2D eigenvalue weighted by atomic mass is 9.87. The third-order valence-corrected chi connectivity index (χ3v) is 6.53. The molecule has 134 valence electrons. The number of fused-ring (bicyclic) bond motifs is 2. The molecule has 1 aromatic carbocycles. The summed E-state index contributed by atoms with van der Waals surface area (Å²) < 4.78 is 3.23. The third kappa shape index (κ3) is 2.54. The number of hydrogen-bond donors (Lipinski definition) is 1. The lowest BCUT2D eigenvalue weighted by molar-refractivity contribution is -0.116. The Morgan fingerprint density at radius 3 is 2.92 bits per heavy atom. The average molecular weight is 367 g/mol. The predicted octanol–water partition coefficient (Wildman–Crippen LogP) is 3.23. The van der Waals surface area contributed by atoms with Crippen molar-refractivity contribution in [3.63, 3.8) is 0 Å². The molecule has 0 radical (unpaired) electrons. The molecule has 1 unspecified atom stereocenters. The SMILES string of the molecule is CN1CCC(n2ncc3c2NC(=O)CC3c2cccc3ncsc23)CC1. The summed E-state index contributed by atoms with van der Waals surface area (Å²) in [4.78, 5) is 19.3. The summed E-state index contributed by atoms with van der Waals surface area (Å²) in [5.74, 6) is 1.00. The van der Waals surface area contributed by atoms with E-state index in [1.807, 2.05) is 23.8 Å². The van der Waals surface area contributed by atoms with Gasteiger partial charge in [-0.15, -0.1) is 11.3 Å². The lowest BCUT2D eigenvalue weighted by Crippen LogP contribution is -2.33. The minimum Gasteiger partial charge on any atom is -0.311 e. The van der Waals surface area contributed by atoms with Crippen molar-refractivity contribution in [3.8, 4) is 0 Å². The van der Waals surface area contributed by atoms with Gasteiger partial charge < -0.3 is 10.2 Å². The van der Waals surface area contributed by atoms with Crippen molar-refractivity contribution in [2.45, 2.75) is 31.2 Å². The molecule has 2 aliphatic heterocycles. The average Bonchev–Trinajstić information content (AvgIpc) is 3.28. The van der Waals surface area contributed by atoms with E-state index in [9.17, 15) is 4.79 Å². The highest BCUT2D eigenvalue weighted by atomic mass is 32.1. The van der Waals surface area contributed by atoms with Crippen molar-refractivity contribution in [2.24, 2.45) is 0 Å². The topological polar surface area (TPSA) is 63.1 Å². The maximum Gasteiger partial charge on any atom is 0.226 e. The van der Waals surface area contributed by atoms with Gasteiger partial charge in [0, 0.05) is 17.9 Å². The lowest BCUT2D eigenvalue weighted by Gasteiger charge is -2.31. The van der Waals surface area contributed by atoms with Crippen molar-refractivity contribution in [1.29, 1.82) is 0 Å². The molecule has 6 nitrogen and oxygen atoms in total. The van der Waals surface area contributed by atoms with Crippen LogP contribution in [0.1, 0.15) is 42.3 Å². The van der Waals surface area contributed by atoms with Crippen LogP contribution in [0.15, 0.2) is 29.9 Å². The van der Waals surface area contributed by atoms with Crippen LogP contribution in [0.25, 0.3) is 10.2 Å². The normalized spacial score (nSPS) is 21.7. The molecule has 1 fully saturated rings. The number of anilines is 1. The quantitative estimate of drug-likeness (QED) is 0.755. The zero-order chi connectivity index (χ0) is 17.7. The van der Waals surface area contributed by atoms with Gasteiger partial charge in [-0.05, 0) is 44.6 Å². The van der Waals surface area contributed by atoms with Gasteiger partial charge in [-0.2, -0.15) is 5.10 Å². The Bertz CT molecular complexity index is 969. The van der Waals surface area contributed by atoms with Crippen molar-refractivity contribution >= 4 is 33.3 Å². The molecule has 1 atom stereocenters. The van der Waals surface area contributed by atoms with Crippen LogP contribution in [0.3, 0.4) is 0 Å². The number of nitrogens with one attached hydrogen (secondary N) is 1. The Morgan fingerprint density at radius 2 is 2.08 bits per heavy atom. The van der Waals surface area contributed by atoms with Crippen LogP contribution in [0.4, 0.5) is 5.82 Å². The minimum absolute atomic E-state index is 0.0444. The molecular formula is C19H21N5OS. The maximum atomic E-state index is 12.5. The van der Waals surface area contributed by atoms with E-state index < -0.39 is 0 Å². The van der Waals surface area contributed by atoms with E-state index in [4.69, 9.17) is 5.10 Å². The zero-order valence-electron chi connectivity index (χ0n) is 14.7. The highest BCUT2D eigenvalue weighted by Crippen LogP contribution is 2.42. The van der Waals surface area contributed by atoms with Gasteiger partial charge in [0.05, 0.1) is 28.0 Å². The fourth-order valence-electron chi connectivity index (χ4n) is 4.21.